The van der Waals surface area contributed by atoms with Crippen LogP contribution in [0.25, 0.3) is 0 Å². The van der Waals surface area contributed by atoms with Gasteiger partial charge in [0.1, 0.15) is 17.8 Å². The van der Waals surface area contributed by atoms with Gasteiger partial charge in [-0.3, -0.25) is 4.90 Å². The van der Waals surface area contributed by atoms with Crippen LogP contribution in [0.5, 0.6) is 0 Å². The molecule has 0 aliphatic carbocycles. The average molecular weight is 332 g/mol. The Morgan fingerprint density at radius 2 is 2.08 bits per heavy atom. The van der Waals surface area contributed by atoms with Crippen molar-refractivity contribution in [3.63, 3.8) is 0 Å². The molecule has 1 saturated heterocycles. The molecule has 1 aliphatic heterocycles. The highest BCUT2D eigenvalue weighted by molar-refractivity contribution is 5.74. The zero-order valence-electron chi connectivity index (χ0n) is 14.4. The Balaban J connectivity index is 1.49. The Labute approximate surface area is 141 Å². The van der Waals surface area contributed by atoms with Gasteiger partial charge in [0.15, 0.2) is 0 Å². The van der Waals surface area contributed by atoms with Crippen molar-refractivity contribution in [3.05, 3.63) is 41.2 Å². The van der Waals surface area contributed by atoms with Crippen molar-refractivity contribution in [1.29, 1.82) is 0 Å². The van der Waals surface area contributed by atoms with Crippen molar-refractivity contribution >= 4 is 6.03 Å². The van der Waals surface area contributed by atoms with Gasteiger partial charge in [-0.2, -0.15) is 0 Å². The molecule has 1 fully saturated rings. The monoisotopic (exact) mass is 332 g/mol. The normalized spacial score (nSPS) is 17.0. The van der Waals surface area contributed by atoms with Gasteiger partial charge in [0, 0.05) is 44.4 Å². The van der Waals surface area contributed by atoms with Crippen LogP contribution in [0.4, 0.5) is 4.79 Å². The number of nitrogens with one attached hydrogen (secondary N) is 1. The number of piperazine rings is 1. The average Bonchev–Trinajstić information content (AvgIpc) is 3.17. The van der Waals surface area contributed by atoms with Crippen molar-refractivity contribution in [2.75, 3.05) is 26.2 Å². The van der Waals surface area contributed by atoms with Gasteiger partial charge in [-0.25, -0.2) is 4.79 Å². The Kier molecular flexibility index (Phi) is 4.89. The van der Waals surface area contributed by atoms with E-state index in [2.05, 4.69) is 15.4 Å². The summed E-state index contributed by atoms with van der Waals surface area (Å²) in [5.74, 6) is 1.72. The predicted molar refractivity (Wildman–Crippen MR) is 88.5 cm³/mol. The van der Waals surface area contributed by atoms with Crippen LogP contribution >= 0.6 is 0 Å². The van der Waals surface area contributed by atoms with Crippen molar-refractivity contribution < 1.29 is 13.7 Å². The lowest BCUT2D eigenvalue weighted by molar-refractivity contribution is 0.132. The van der Waals surface area contributed by atoms with Gasteiger partial charge < -0.3 is 19.2 Å². The van der Waals surface area contributed by atoms with E-state index in [0.29, 0.717) is 13.1 Å². The van der Waals surface area contributed by atoms with Crippen LogP contribution in [-0.4, -0.2) is 47.2 Å². The maximum absolute atomic E-state index is 12.5. The highest BCUT2D eigenvalue weighted by Gasteiger charge is 2.23. The second-order valence-electron chi connectivity index (χ2n) is 6.29. The molecule has 0 aromatic carbocycles. The van der Waals surface area contributed by atoms with Crippen molar-refractivity contribution in [3.8, 4) is 0 Å². The summed E-state index contributed by atoms with van der Waals surface area (Å²) in [4.78, 5) is 16.6. The number of urea groups is 1. The first-order valence-corrected chi connectivity index (χ1v) is 8.27. The second kappa shape index (κ2) is 7.09. The van der Waals surface area contributed by atoms with Gasteiger partial charge in [-0.05, 0) is 26.8 Å². The minimum absolute atomic E-state index is 0.0261. The standard InChI is InChI=1S/C17H24N4O3/c1-12-10-16(14(3)24-12)13(2)18-17(22)21-7-5-20(6-8-21)11-15-4-9-23-19-15/h4,9-10,13H,5-8,11H2,1-3H3,(H,18,22)/t13-/m1/s1. The van der Waals surface area contributed by atoms with Crippen LogP contribution in [0, 0.1) is 13.8 Å². The van der Waals surface area contributed by atoms with E-state index < -0.39 is 0 Å². The minimum atomic E-state index is -0.0666. The summed E-state index contributed by atoms with van der Waals surface area (Å²) in [5.41, 5.74) is 1.96. The number of aryl methyl sites for hydroxylation is 2. The van der Waals surface area contributed by atoms with Crippen LogP contribution in [-0.2, 0) is 6.54 Å². The van der Waals surface area contributed by atoms with Crippen LogP contribution < -0.4 is 5.32 Å². The fourth-order valence-electron chi connectivity index (χ4n) is 3.09. The molecule has 3 heterocycles. The number of nitrogens with zero attached hydrogens (tertiary/aromatic N) is 3. The van der Waals surface area contributed by atoms with E-state index in [0.717, 1.165) is 42.4 Å². The molecule has 24 heavy (non-hydrogen) atoms. The molecule has 1 aliphatic rings. The summed E-state index contributed by atoms with van der Waals surface area (Å²) in [7, 11) is 0. The molecular formula is C17H24N4O3. The quantitative estimate of drug-likeness (QED) is 0.931. The van der Waals surface area contributed by atoms with E-state index in [9.17, 15) is 4.79 Å². The van der Waals surface area contributed by atoms with E-state index in [1.54, 1.807) is 6.26 Å². The molecule has 0 bridgehead atoms. The van der Waals surface area contributed by atoms with Crippen molar-refractivity contribution in [2.45, 2.75) is 33.4 Å². The Hall–Kier alpha value is -2.28. The van der Waals surface area contributed by atoms with E-state index in [1.807, 2.05) is 37.8 Å². The lowest BCUT2D eigenvalue weighted by Crippen LogP contribution is -2.51. The van der Waals surface area contributed by atoms with Gasteiger partial charge in [-0.1, -0.05) is 5.16 Å². The van der Waals surface area contributed by atoms with Gasteiger partial charge in [0.05, 0.1) is 11.7 Å². The number of rotatable bonds is 4. The molecule has 3 rings (SSSR count). The fourth-order valence-corrected chi connectivity index (χ4v) is 3.09. The maximum Gasteiger partial charge on any atom is 0.317 e. The second-order valence-corrected chi connectivity index (χ2v) is 6.29. The molecule has 130 valence electrons. The molecule has 2 amide bonds. The van der Waals surface area contributed by atoms with E-state index >= 15 is 0 Å². The van der Waals surface area contributed by atoms with Crippen LogP contribution in [0.3, 0.4) is 0 Å². The third-order valence-corrected chi connectivity index (χ3v) is 4.42. The highest BCUT2D eigenvalue weighted by atomic mass is 16.5. The van der Waals surface area contributed by atoms with Crippen molar-refractivity contribution in [1.82, 2.24) is 20.3 Å². The summed E-state index contributed by atoms with van der Waals surface area (Å²) >= 11 is 0. The van der Waals surface area contributed by atoms with Gasteiger partial charge in [-0.15, -0.1) is 0 Å². The lowest BCUT2D eigenvalue weighted by Gasteiger charge is -2.34. The smallest absolute Gasteiger partial charge is 0.317 e. The first-order valence-electron chi connectivity index (χ1n) is 8.27. The number of carbonyl (C=O) groups excluding carboxylic acids is 1. The van der Waals surface area contributed by atoms with Gasteiger partial charge in [0.2, 0.25) is 0 Å². The predicted octanol–water partition coefficient (Wildman–Crippen LogP) is 2.47. The SMILES string of the molecule is Cc1cc([C@@H](C)NC(=O)N2CCN(Cc3ccon3)CC2)c(C)o1. The molecule has 1 N–H and O–H groups in total. The van der Waals surface area contributed by atoms with Crippen LogP contribution in [0.15, 0.2) is 27.3 Å². The zero-order chi connectivity index (χ0) is 17.1. The van der Waals surface area contributed by atoms with Crippen LogP contribution in [0.2, 0.25) is 0 Å². The minimum Gasteiger partial charge on any atom is -0.466 e. The van der Waals surface area contributed by atoms with E-state index in [-0.39, 0.29) is 12.1 Å². The fraction of sp³-hybridized carbons (Fsp3) is 0.529. The molecular weight excluding hydrogens is 308 g/mol. The molecule has 7 nitrogen and oxygen atoms in total. The summed E-state index contributed by atoms with van der Waals surface area (Å²) < 4.78 is 10.4. The Morgan fingerprint density at radius 1 is 1.33 bits per heavy atom. The van der Waals surface area contributed by atoms with Crippen LogP contribution in [0.1, 0.15) is 35.7 Å². The molecule has 2 aromatic rings. The van der Waals surface area contributed by atoms with Gasteiger partial charge >= 0.3 is 6.03 Å². The topological polar surface area (TPSA) is 74.8 Å². The number of carbonyl (C=O) groups is 1. The first-order chi connectivity index (χ1) is 11.5. The summed E-state index contributed by atoms with van der Waals surface area (Å²) in [6, 6.07) is 3.76. The Morgan fingerprint density at radius 3 is 2.67 bits per heavy atom. The zero-order valence-corrected chi connectivity index (χ0v) is 14.4. The number of amides is 2. The lowest BCUT2D eigenvalue weighted by atomic mass is 10.1. The largest absolute Gasteiger partial charge is 0.466 e. The Bertz CT molecular complexity index is 672. The van der Waals surface area contributed by atoms with Gasteiger partial charge in [0.25, 0.3) is 0 Å². The summed E-state index contributed by atoms with van der Waals surface area (Å²) in [6.07, 6.45) is 1.58. The molecule has 0 unspecified atom stereocenters. The number of hydrogen-bond donors (Lipinski definition) is 1. The van der Waals surface area contributed by atoms with E-state index in [1.165, 1.54) is 0 Å². The number of aromatic nitrogens is 1. The molecule has 0 saturated carbocycles. The molecule has 7 heteroatoms. The summed E-state index contributed by atoms with van der Waals surface area (Å²) in [5, 5.41) is 6.99. The molecule has 1 atom stereocenters. The third kappa shape index (κ3) is 3.79. The van der Waals surface area contributed by atoms with Crippen molar-refractivity contribution in [2.24, 2.45) is 0 Å². The third-order valence-electron chi connectivity index (χ3n) is 4.42. The number of furan rings is 1. The number of hydrogen-bond acceptors (Lipinski definition) is 5. The van der Waals surface area contributed by atoms with E-state index in [4.69, 9.17) is 8.94 Å². The molecule has 0 spiro atoms. The summed E-state index contributed by atoms with van der Waals surface area (Å²) in [6.45, 7) is 9.66. The first kappa shape index (κ1) is 16.6. The maximum atomic E-state index is 12.5. The molecule has 0 radical (unpaired) electrons. The molecule has 2 aromatic heterocycles. The highest BCUT2D eigenvalue weighted by Crippen LogP contribution is 2.21.